The van der Waals surface area contributed by atoms with Crippen molar-refractivity contribution in [3.63, 3.8) is 0 Å². The Labute approximate surface area is 117 Å². The van der Waals surface area contributed by atoms with Gasteiger partial charge in [0.05, 0.1) is 4.47 Å². The molecular formula is C11H11BrClFN2O2. The Hall–Kier alpha value is -1.14. The number of rotatable bonds is 2. The lowest BCUT2D eigenvalue weighted by molar-refractivity contribution is -0.119. The van der Waals surface area contributed by atoms with Gasteiger partial charge in [0.1, 0.15) is 11.2 Å². The van der Waals surface area contributed by atoms with Crippen LogP contribution in [0.15, 0.2) is 16.6 Å². The smallest absolute Gasteiger partial charge is 0.307 e. The standard InChI is InChI=1S/C11H11BrClFN2O2/c1-5-3-7(12)8(14)4-9(5)15-11(18)16-10(17)6(2)13/h3-4,6H,1-2H3,(H2,15,16,17,18). The van der Waals surface area contributed by atoms with Gasteiger partial charge in [-0.05, 0) is 47.5 Å². The number of anilines is 1. The maximum Gasteiger partial charge on any atom is 0.325 e. The monoisotopic (exact) mass is 336 g/mol. The highest BCUT2D eigenvalue weighted by atomic mass is 79.9. The molecular weight excluding hydrogens is 326 g/mol. The summed E-state index contributed by atoms with van der Waals surface area (Å²) in [4.78, 5) is 22.6. The fourth-order valence-electron chi connectivity index (χ4n) is 1.15. The van der Waals surface area contributed by atoms with Crippen LogP contribution in [-0.2, 0) is 4.79 Å². The second-order valence-corrected chi connectivity index (χ2v) is 5.15. The molecule has 2 N–H and O–H groups in total. The predicted molar refractivity (Wildman–Crippen MR) is 71.3 cm³/mol. The van der Waals surface area contributed by atoms with E-state index >= 15 is 0 Å². The van der Waals surface area contributed by atoms with Gasteiger partial charge >= 0.3 is 6.03 Å². The number of carbonyl (C=O) groups excluding carboxylic acids is 2. The number of benzene rings is 1. The van der Waals surface area contributed by atoms with Crippen molar-refractivity contribution in [1.29, 1.82) is 0 Å². The van der Waals surface area contributed by atoms with Gasteiger partial charge in [-0.25, -0.2) is 9.18 Å². The van der Waals surface area contributed by atoms with E-state index in [0.717, 1.165) is 6.07 Å². The summed E-state index contributed by atoms with van der Waals surface area (Å²) in [5.74, 6) is -1.13. The van der Waals surface area contributed by atoms with Gasteiger partial charge in [-0.1, -0.05) is 0 Å². The molecule has 0 bridgehead atoms. The average Bonchev–Trinajstić information content (AvgIpc) is 2.25. The lowest BCUT2D eigenvalue weighted by Gasteiger charge is -2.10. The van der Waals surface area contributed by atoms with Crippen molar-refractivity contribution < 1.29 is 14.0 Å². The van der Waals surface area contributed by atoms with E-state index in [4.69, 9.17) is 11.6 Å². The second kappa shape index (κ2) is 6.15. The van der Waals surface area contributed by atoms with Crippen molar-refractivity contribution in [2.75, 3.05) is 5.32 Å². The minimum Gasteiger partial charge on any atom is -0.307 e. The number of urea groups is 1. The van der Waals surface area contributed by atoms with E-state index in [2.05, 4.69) is 21.2 Å². The number of imide groups is 1. The summed E-state index contributed by atoms with van der Waals surface area (Å²) in [5.41, 5.74) is 0.938. The molecule has 3 amide bonds. The quantitative estimate of drug-likeness (QED) is 0.814. The number of nitrogens with one attached hydrogen (secondary N) is 2. The van der Waals surface area contributed by atoms with Crippen molar-refractivity contribution in [3.8, 4) is 0 Å². The molecule has 4 nitrogen and oxygen atoms in total. The number of hydrogen-bond donors (Lipinski definition) is 2. The Kier molecular flexibility index (Phi) is 5.10. The molecule has 0 fully saturated rings. The number of amides is 3. The normalized spacial score (nSPS) is 11.8. The zero-order valence-electron chi connectivity index (χ0n) is 9.68. The molecule has 1 unspecified atom stereocenters. The molecule has 0 spiro atoms. The molecule has 0 radical (unpaired) electrons. The molecule has 0 aliphatic rings. The summed E-state index contributed by atoms with van der Waals surface area (Å²) in [7, 11) is 0. The van der Waals surface area contributed by atoms with E-state index in [1.54, 1.807) is 6.92 Å². The van der Waals surface area contributed by atoms with E-state index < -0.39 is 23.1 Å². The third-order valence-corrected chi connectivity index (χ3v) is 2.92. The predicted octanol–water partition coefficient (Wildman–Crippen LogP) is 3.17. The number of alkyl halides is 1. The van der Waals surface area contributed by atoms with Crippen molar-refractivity contribution in [1.82, 2.24) is 5.32 Å². The van der Waals surface area contributed by atoms with E-state index in [1.165, 1.54) is 13.0 Å². The maximum absolute atomic E-state index is 13.3. The summed E-state index contributed by atoms with van der Waals surface area (Å²) >= 11 is 8.53. The third kappa shape index (κ3) is 3.96. The Morgan fingerprint density at radius 2 is 2.06 bits per heavy atom. The summed E-state index contributed by atoms with van der Waals surface area (Å²) in [5, 5.41) is 3.59. The average molecular weight is 338 g/mol. The van der Waals surface area contributed by atoms with E-state index in [0.29, 0.717) is 10.0 Å². The van der Waals surface area contributed by atoms with Crippen LogP contribution >= 0.6 is 27.5 Å². The van der Waals surface area contributed by atoms with Crippen molar-refractivity contribution in [2.24, 2.45) is 0 Å². The Bertz CT molecular complexity index is 494. The molecule has 0 aromatic heterocycles. The third-order valence-electron chi connectivity index (χ3n) is 2.11. The van der Waals surface area contributed by atoms with Crippen molar-refractivity contribution >= 4 is 45.2 Å². The van der Waals surface area contributed by atoms with Crippen LogP contribution in [0.5, 0.6) is 0 Å². The van der Waals surface area contributed by atoms with Crippen LogP contribution < -0.4 is 10.6 Å². The SMILES string of the molecule is Cc1cc(Br)c(F)cc1NC(=O)NC(=O)C(C)Cl. The molecule has 1 rings (SSSR count). The van der Waals surface area contributed by atoms with Crippen LogP contribution in [0.2, 0.25) is 0 Å². The van der Waals surface area contributed by atoms with Gasteiger partial charge in [0.25, 0.3) is 0 Å². The van der Waals surface area contributed by atoms with Crippen LogP contribution in [-0.4, -0.2) is 17.3 Å². The molecule has 0 saturated heterocycles. The minimum atomic E-state index is -0.821. The molecule has 98 valence electrons. The Balaban J connectivity index is 2.76. The van der Waals surface area contributed by atoms with Crippen LogP contribution in [0.4, 0.5) is 14.9 Å². The lowest BCUT2D eigenvalue weighted by atomic mass is 10.2. The van der Waals surface area contributed by atoms with Crippen LogP contribution in [0.25, 0.3) is 0 Å². The Morgan fingerprint density at radius 3 is 2.61 bits per heavy atom. The van der Waals surface area contributed by atoms with Crippen molar-refractivity contribution in [2.45, 2.75) is 19.2 Å². The Morgan fingerprint density at radius 1 is 1.44 bits per heavy atom. The van der Waals surface area contributed by atoms with Crippen molar-refractivity contribution in [3.05, 3.63) is 28.0 Å². The highest BCUT2D eigenvalue weighted by molar-refractivity contribution is 9.10. The van der Waals surface area contributed by atoms with Crippen LogP contribution in [0, 0.1) is 12.7 Å². The molecule has 1 atom stereocenters. The fourth-order valence-corrected chi connectivity index (χ4v) is 1.66. The molecule has 0 saturated carbocycles. The number of aryl methyl sites for hydroxylation is 1. The van der Waals surface area contributed by atoms with E-state index in [9.17, 15) is 14.0 Å². The fraction of sp³-hybridized carbons (Fsp3) is 0.273. The van der Waals surface area contributed by atoms with Gasteiger partial charge in [-0.15, -0.1) is 11.6 Å². The first-order valence-corrected chi connectivity index (χ1v) is 6.25. The van der Waals surface area contributed by atoms with Crippen LogP contribution in [0.1, 0.15) is 12.5 Å². The first-order chi connectivity index (χ1) is 8.31. The van der Waals surface area contributed by atoms with E-state index in [1.807, 2.05) is 5.32 Å². The number of carbonyl (C=O) groups is 2. The first kappa shape index (κ1) is 14.9. The lowest BCUT2D eigenvalue weighted by Crippen LogP contribution is -2.38. The summed E-state index contributed by atoms with van der Waals surface area (Å²) in [6.45, 7) is 3.14. The molecule has 18 heavy (non-hydrogen) atoms. The summed E-state index contributed by atoms with van der Waals surface area (Å²) < 4.78 is 13.6. The molecule has 7 heteroatoms. The van der Waals surface area contributed by atoms with Gasteiger partial charge < -0.3 is 5.32 Å². The topological polar surface area (TPSA) is 58.2 Å². The summed E-state index contributed by atoms with van der Waals surface area (Å²) in [6.07, 6.45) is 0. The molecule has 0 aliphatic heterocycles. The van der Waals surface area contributed by atoms with Gasteiger partial charge in [0.15, 0.2) is 0 Å². The first-order valence-electron chi connectivity index (χ1n) is 5.03. The zero-order valence-corrected chi connectivity index (χ0v) is 12.0. The van der Waals surface area contributed by atoms with Gasteiger partial charge in [0.2, 0.25) is 5.91 Å². The van der Waals surface area contributed by atoms with Gasteiger partial charge in [-0.2, -0.15) is 0 Å². The molecule has 0 aliphatic carbocycles. The second-order valence-electron chi connectivity index (χ2n) is 3.64. The van der Waals surface area contributed by atoms with Gasteiger partial charge in [0, 0.05) is 5.69 Å². The zero-order chi connectivity index (χ0) is 13.9. The van der Waals surface area contributed by atoms with Crippen LogP contribution in [0.3, 0.4) is 0 Å². The molecule has 0 heterocycles. The minimum absolute atomic E-state index is 0.281. The highest BCUT2D eigenvalue weighted by Gasteiger charge is 2.14. The number of hydrogen-bond acceptors (Lipinski definition) is 2. The largest absolute Gasteiger partial charge is 0.325 e. The maximum atomic E-state index is 13.3. The number of halogens is 3. The highest BCUT2D eigenvalue weighted by Crippen LogP contribution is 2.23. The van der Waals surface area contributed by atoms with Gasteiger partial charge in [-0.3, -0.25) is 10.1 Å². The van der Waals surface area contributed by atoms with E-state index in [-0.39, 0.29) is 5.69 Å². The summed E-state index contributed by atoms with van der Waals surface area (Å²) in [6, 6.07) is 1.93. The molecule has 1 aromatic rings. The molecule has 1 aromatic carbocycles.